The van der Waals surface area contributed by atoms with Crippen LogP contribution in [0.3, 0.4) is 0 Å². The first-order chi connectivity index (χ1) is 12.9. The molecule has 0 spiro atoms. The second kappa shape index (κ2) is 9.60. The molecule has 0 aliphatic heterocycles. The number of hydrogen-bond acceptors (Lipinski definition) is 5. The molecule has 2 aromatic rings. The number of rotatable bonds is 4. The van der Waals surface area contributed by atoms with Gasteiger partial charge < -0.3 is 5.32 Å². The predicted molar refractivity (Wildman–Crippen MR) is 92.4 cm³/mol. The SMILES string of the molecule is CC#N.CNc1c(SOC(F)(F)F)cnn1-c1c(Cl)cc(C(F)(F)F)cc1Cl. The van der Waals surface area contributed by atoms with Gasteiger partial charge in [0.2, 0.25) is 0 Å². The van der Waals surface area contributed by atoms with Crippen LogP contribution in [0.15, 0.2) is 23.2 Å². The van der Waals surface area contributed by atoms with E-state index in [1.54, 1.807) is 6.07 Å². The second-order valence-corrected chi connectivity index (χ2v) is 6.23. The fraction of sp³-hybridized carbons (Fsp3) is 0.286. The van der Waals surface area contributed by atoms with Crippen LogP contribution in [0.4, 0.5) is 32.2 Å². The maximum Gasteiger partial charge on any atom is 0.533 e. The molecule has 0 fully saturated rings. The lowest BCUT2D eigenvalue weighted by Gasteiger charge is -2.14. The zero-order valence-corrected chi connectivity index (χ0v) is 16.2. The van der Waals surface area contributed by atoms with Gasteiger partial charge in [0.15, 0.2) is 0 Å². The van der Waals surface area contributed by atoms with Gasteiger partial charge in [0.25, 0.3) is 0 Å². The van der Waals surface area contributed by atoms with Crippen molar-refractivity contribution in [1.29, 1.82) is 5.26 Å². The van der Waals surface area contributed by atoms with E-state index in [0.717, 1.165) is 10.9 Å². The molecule has 0 saturated heterocycles. The van der Waals surface area contributed by atoms with Gasteiger partial charge in [-0.05, 0) is 12.1 Å². The molecule has 0 bridgehead atoms. The van der Waals surface area contributed by atoms with Crippen LogP contribution in [-0.2, 0) is 10.4 Å². The number of benzene rings is 1. The maximum atomic E-state index is 12.8. The molecule has 1 heterocycles. The number of nitrogens with zero attached hydrogens (tertiary/aromatic N) is 3. The number of alkyl halides is 6. The summed E-state index contributed by atoms with van der Waals surface area (Å²) in [5, 5.41) is 12.9. The number of nitriles is 1. The third-order valence-corrected chi connectivity index (χ3v) is 4.08. The normalized spacial score (nSPS) is 11.5. The summed E-state index contributed by atoms with van der Waals surface area (Å²) in [6, 6.07) is 3.03. The first-order valence-electron chi connectivity index (χ1n) is 6.91. The molecule has 0 aliphatic carbocycles. The van der Waals surface area contributed by atoms with Crippen molar-refractivity contribution >= 4 is 41.1 Å². The minimum Gasteiger partial charge on any atom is -0.372 e. The average Bonchev–Trinajstić information content (AvgIpc) is 2.94. The summed E-state index contributed by atoms with van der Waals surface area (Å²) in [5.41, 5.74) is -1.20. The third kappa shape index (κ3) is 6.37. The van der Waals surface area contributed by atoms with Crippen molar-refractivity contribution in [1.82, 2.24) is 9.78 Å². The number of halogens is 8. The number of aromatic nitrogens is 2. The van der Waals surface area contributed by atoms with Crippen LogP contribution >= 0.6 is 35.2 Å². The van der Waals surface area contributed by atoms with Gasteiger partial charge in [0.1, 0.15) is 11.5 Å². The second-order valence-electron chi connectivity index (χ2n) is 4.64. The fourth-order valence-electron chi connectivity index (χ4n) is 1.82. The molecule has 5 nitrogen and oxygen atoms in total. The monoisotopic (exact) mass is 466 g/mol. The molecule has 1 N–H and O–H groups in total. The summed E-state index contributed by atoms with van der Waals surface area (Å²) in [6.07, 6.45) is -8.53. The quantitative estimate of drug-likeness (QED) is 0.422. The van der Waals surface area contributed by atoms with Crippen LogP contribution < -0.4 is 5.32 Å². The van der Waals surface area contributed by atoms with Crippen molar-refractivity contribution in [2.24, 2.45) is 0 Å². The van der Waals surface area contributed by atoms with Gasteiger partial charge in [-0.3, -0.25) is 0 Å². The molecule has 154 valence electrons. The van der Waals surface area contributed by atoms with E-state index in [1.165, 1.54) is 14.0 Å². The Morgan fingerprint density at radius 3 is 2.07 bits per heavy atom. The van der Waals surface area contributed by atoms with Crippen molar-refractivity contribution in [2.75, 3.05) is 12.4 Å². The van der Waals surface area contributed by atoms with E-state index in [4.69, 9.17) is 28.5 Å². The van der Waals surface area contributed by atoms with Gasteiger partial charge in [0, 0.05) is 26.0 Å². The van der Waals surface area contributed by atoms with Crippen LogP contribution in [0, 0.1) is 11.3 Å². The topological polar surface area (TPSA) is 62.9 Å². The standard InChI is InChI=1S/C12H7Cl2F6N3OS.C2H3N/c1-21-10-8(25-24-12(18,19)20)4-22-23(10)9-6(13)2-5(3-7(9)14)11(15,16)17;1-2-3/h2-4,21H,1H3;1H3. The van der Waals surface area contributed by atoms with E-state index in [-0.39, 0.29) is 38.5 Å². The van der Waals surface area contributed by atoms with Crippen molar-refractivity contribution in [3.05, 3.63) is 33.9 Å². The Labute approximate surface area is 169 Å². The van der Waals surface area contributed by atoms with Crippen molar-refractivity contribution < 1.29 is 30.5 Å². The lowest BCUT2D eigenvalue weighted by molar-refractivity contribution is -0.266. The molecular weight excluding hydrogens is 457 g/mol. The number of anilines is 1. The molecule has 0 atom stereocenters. The third-order valence-electron chi connectivity index (χ3n) is 2.75. The largest absolute Gasteiger partial charge is 0.533 e. The summed E-state index contributed by atoms with van der Waals surface area (Å²) in [7, 11) is 1.37. The van der Waals surface area contributed by atoms with Crippen molar-refractivity contribution in [3.63, 3.8) is 0 Å². The molecule has 0 amide bonds. The summed E-state index contributed by atoms with van der Waals surface area (Å²) in [6.45, 7) is 1.43. The molecule has 1 aromatic heterocycles. The summed E-state index contributed by atoms with van der Waals surface area (Å²) < 4.78 is 79.4. The van der Waals surface area contributed by atoms with E-state index >= 15 is 0 Å². The summed E-state index contributed by atoms with van der Waals surface area (Å²) in [4.78, 5) is -0.0770. The van der Waals surface area contributed by atoms with Gasteiger partial charge in [-0.15, -0.1) is 13.2 Å². The maximum absolute atomic E-state index is 12.8. The zero-order chi connectivity index (χ0) is 21.7. The number of hydrogen-bond donors (Lipinski definition) is 1. The van der Waals surface area contributed by atoms with E-state index in [0.29, 0.717) is 12.1 Å². The van der Waals surface area contributed by atoms with Gasteiger partial charge in [-0.1, -0.05) is 23.2 Å². The van der Waals surface area contributed by atoms with Gasteiger partial charge in [-0.25, -0.2) is 8.86 Å². The van der Waals surface area contributed by atoms with Crippen LogP contribution in [-0.4, -0.2) is 23.2 Å². The highest BCUT2D eigenvalue weighted by atomic mass is 35.5. The minimum absolute atomic E-state index is 0.00203. The smallest absolute Gasteiger partial charge is 0.372 e. The first-order valence-corrected chi connectivity index (χ1v) is 8.41. The highest BCUT2D eigenvalue weighted by Gasteiger charge is 2.33. The van der Waals surface area contributed by atoms with Crippen LogP contribution in [0.5, 0.6) is 0 Å². The molecule has 0 unspecified atom stereocenters. The highest BCUT2D eigenvalue weighted by Crippen LogP contribution is 2.40. The Balaban J connectivity index is 0.00000122. The Kier molecular flexibility index (Phi) is 8.30. The predicted octanol–water partition coefficient (Wildman–Crippen LogP) is 6.31. The average molecular weight is 467 g/mol. The van der Waals surface area contributed by atoms with Gasteiger partial charge in [-0.2, -0.15) is 23.5 Å². The molecule has 0 radical (unpaired) electrons. The van der Waals surface area contributed by atoms with Crippen LogP contribution in [0.1, 0.15) is 12.5 Å². The Morgan fingerprint density at radius 1 is 1.18 bits per heavy atom. The van der Waals surface area contributed by atoms with E-state index < -0.39 is 18.1 Å². The summed E-state index contributed by atoms with van der Waals surface area (Å²) >= 11 is 11.7. The first kappa shape index (κ1) is 24.2. The van der Waals surface area contributed by atoms with Crippen molar-refractivity contribution in [3.8, 4) is 11.8 Å². The molecule has 14 heteroatoms. The lowest BCUT2D eigenvalue weighted by Crippen LogP contribution is -2.09. The lowest BCUT2D eigenvalue weighted by atomic mass is 10.2. The van der Waals surface area contributed by atoms with E-state index in [2.05, 4.69) is 14.6 Å². The zero-order valence-electron chi connectivity index (χ0n) is 13.9. The molecule has 28 heavy (non-hydrogen) atoms. The van der Waals surface area contributed by atoms with Crippen LogP contribution in [0.2, 0.25) is 10.0 Å². The molecular formula is C14H10Cl2F6N4OS. The fourth-order valence-corrected chi connectivity index (χ4v) is 3.01. The van der Waals surface area contributed by atoms with Gasteiger partial charge >= 0.3 is 12.5 Å². The van der Waals surface area contributed by atoms with Crippen molar-refractivity contribution in [2.45, 2.75) is 24.4 Å². The number of nitrogens with one attached hydrogen (secondary N) is 1. The minimum atomic E-state index is -4.89. The highest BCUT2D eigenvalue weighted by molar-refractivity contribution is 7.94. The van der Waals surface area contributed by atoms with Crippen LogP contribution in [0.25, 0.3) is 5.69 Å². The molecule has 0 aliphatic rings. The molecule has 2 rings (SSSR count). The summed E-state index contributed by atoms with van der Waals surface area (Å²) in [5.74, 6) is -0.00203. The molecule has 1 aromatic carbocycles. The Hall–Kier alpha value is -1.81. The Morgan fingerprint density at radius 2 is 1.68 bits per heavy atom. The molecule has 0 saturated carbocycles. The van der Waals surface area contributed by atoms with Gasteiger partial charge in [0.05, 0.1) is 32.8 Å². The van der Waals surface area contributed by atoms with E-state index in [9.17, 15) is 26.3 Å². The van der Waals surface area contributed by atoms with E-state index in [1.807, 2.05) is 0 Å². The Bertz CT molecular complexity index is 840.